The first kappa shape index (κ1) is 14.4. The molecule has 1 aromatic carbocycles. The Morgan fingerprint density at radius 3 is 2.21 bits per heavy atom. The zero-order valence-corrected chi connectivity index (χ0v) is 12.3. The predicted octanol–water partition coefficient (Wildman–Crippen LogP) is 1.41. The molecule has 1 heterocycles. The van der Waals surface area contributed by atoms with Crippen LogP contribution in [0.2, 0.25) is 0 Å². The first-order valence-electron chi connectivity index (χ1n) is 6.59. The van der Waals surface area contributed by atoms with E-state index in [9.17, 15) is 5.11 Å². The fraction of sp³-hybridized carbons (Fsp3) is 0.571. The lowest BCUT2D eigenvalue weighted by atomic mass is 9.78. The van der Waals surface area contributed by atoms with Gasteiger partial charge in [0.2, 0.25) is 0 Å². The van der Waals surface area contributed by atoms with E-state index < -0.39 is 7.12 Å². The third kappa shape index (κ3) is 2.64. The van der Waals surface area contributed by atoms with Crippen LogP contribution in [0.3, 0.4) is 0 Å². The molecule has 0 spiro atoms. The highest BCUT2D eigenvalue weighted by atomic mass is 16.7. The topological polar surface area (TPSA) is 50.7 Å². The smallest absolute Gasteiger partial charge is 0.494 e. The molecule has 1 saturated heterocycles. The fourth-order valence-electron chi connectivity index (χ4n) is 2.05. The Morgan fingerprint density at radius 2 is 1.74 bits per heavy atom. The molecule has 0 unspecified atom stereocenters. The first-order chi connectivity index (χ1) is 8.77. The van der Waals surface area contributed by atoms with Crippen molar-refractivity contribution in [2.45, 2.75) is 45.4 Å². The molecule has 1 fully saturated rings. The van der Waals surface area contributed by atoms with E-state index in [1.807, 2.05) is 46.9 Å². The third-order valence-corrected chi connectivity index (χ3v) is 4.00. The van der Waals surface area contributed by atoms with E-state index >= 15 is 0 Å². The van der Waals surface area contributed by atoms with E-state index in [2.05, 4.69) is 5.32 Å². The molecular formula is C14H22BNO3. The quantitative estimate of drug-likeness (QED) is 0.809. The lowest BCUT2D eigenvalue weighted by Crippen LogP contribution is -2.41. The van der Waals surface area contributed by atoms with Gasteiger partial charge in [0.1, 0.15) is 5.75 Å². The molecule has 0 radical (unpaired) electrons. The van der Waals surface area contributed by atoms with Crippen molar-refractivity contribution in [2.75, 3.05) is 7.05 Å². The van der Waals surface area contributed by atoms with E-state index in [-0.39, 0.29) is 17.0 Å². The molecular weight excluding hydrogens is 241 g/mol. The third-order valence-electron chi connectivity index (χ3n) is 4.00. The molecule has 0 aliphatic carbocycles. The minimum absolute atomic E-state index is 0.265. The van der Waals surface area contributed by atoms with Crippen LogP contribution in [-0.2, 0) is 15.9 Å². The maximum absolute atomic E-state index is 9.99. The molecule has 0 saturated carbocycles. The summed E-state index contributed by atoms with van der Waals surface area (Å²) >= 11 is 0. The maximum Gasteiger partial charge on any atom is 0.494 e. The van der Waals surface area contributed by atoms with Crippen molar-refractivity contribution in [3.8, 4) is 5.75 Å². The number of benzene rings is 1. The number of hydrogen-bond donors (Lipinski definition) is 2. The molecule has 5 heteroatoms. The van der Waals surface area contributed by atoms with Crippen molar-refractivity contribution >= 4 is 12.6 Å². The second kappa shape index (κ2) is 4.82. The van der Waals surface area contributed by atoms with Gasteiger partial charge in [0.25, 0.3) is 0 Å². The summed E-state index contributed by atoms with van der Waals surface area (Å²) in [7, 11) is 1.42. The largest absolute Gasteiger partial charge is 0.508 e. The van der Waals surface area contributed by atoms with Crippen molar-refractivity contribution in [1.29, 1.82) is 0 Å². The standard InChI is InChI=1S/C14H22BNO3/c1-13(2)14(3,4)19-15(18-13)11-7-6-10(9-16-5)12(17)8-11/h6-8,16-17H,9H2,1-5H3. The normalized spacial score (nSPS) is 20.8. The lowest BCUT2D eigenvalue weighted by molar-refractivity contribution is 0.00578. The van der Waals surface area contributed by atoms with E-state index in [4.69, 9.17) is 9.31 Å². The van der Waals surface area contributed by atoms with Gasteiger partial charge in [-0.2, -0.15) is 0 Å². The zero-order chi connectivity index (χ0) is 14.3. The number of hydrogen-bond acceptors (Lipinski definition) is 4. The van der Waals surface area contributed by atoms with Gasteiger partial charge in [-0.25, -0.2) is 0 Å². The number of aromatic hydroxyl groups is 1. The second-order valence-corrected chi connectivity index (χ2v) is 6.01. The minimum Gasteiger partial charge on any atom is -0.508 e. The van der Waals surface area contributed by atoms with Crippen molar-refractivity contribution in [1.82, 2.24) is 5.32 Å². The molecule has 0 amide bonds. The monoisotopic (exact) mass is 263 g/mol. The summed E-state index contributed by atoms with van der Waals surface area (Å²) in [5.41, 5.74) is 0.979. The summed E-state index contributed by atoms with van der Waals surface area (Å²) in [5, 5.41) is 13.0. The van der Waals surface area contributed by atoms with Crippen LogP contribution in [0.4, 0.5) is 0 Å². The molecule has 19 heavy (non-hydrogen) atoms. The van der Waals surface area contributed by atoms with E-state index in [0.29, 0.717) is 6.54 Å². The van der Waals surface area contributed by atoms with Gasteiger partial charge in [0, 0.05) is 12.1 Å². The maximum atomic E-state index is 9.99. The second-order valence-electron chi connectivity index (χ2n) is 6.01. The average Bonchev–Trinajstić information content (AvgIpc) is 2.51. The Labute approximate surface area is 115 Å². The van der Waals surface area contributed by atoms with E-state index in [1.54, 1.807) is 6.07 Å². The van der Waals surface area contributed by atoms with Gasteiger partial charge in [0.15, 0.2) is 0 Å². The van der Waals surface area contributed by atoms with Crippen LogP contribution in [0.25, 0.3) is 0 Å². The van der Waals surface area contributed by atoms with Crippen molar-refractivity contribution < 1.29 is 14.4 Å². The zero-order valence-electron chi connectivity index (χ0n) is 12.3. The number of phenolic OH excluding ortho intramolecular Hbond substituents is 1. The highest BCUT2D eigenvalue weighted by Crippen LogP contribution is 2.36. The van der Waals surface area contributed by atoms with Gasteiger partial charge in [-0.1, -0.05) is 12.1 Å². The molecule has 2 rings (SSSR count). The molecule has 0 atom stereocenters. The van der Waals surface area contributed by atoms with Crippen LogP contribution in [0, 0.1) is 0 Å². The highest BCUT2D eigenvalue weighted by Gasteiger charge is 2.51. The van der Waals surface area contributed by atoms with Gasteiger partial charge < -0.3 is 19.7 Å². The molecule has 1 aromatic rings. The van der Waals surface area contributed by atoms with Gasteiger partial charge in [0.05, 0.1) is 11.2 Å². The van der Waals surface area contributed by atoms with Gasteiger partial charge in [-0.3, -0.25) is 0 Å². The fourth-order valence-corrected chi connectivity index (χ4v) is 2.05. The van der Waals surface area contributed by atoms with E-state index in [1.165, 1.54) is 0 Å². The van der Waals surface area contributed by atoms with E-state index in [0.717, 1.165) is 11.0 Å². The van der Waals surface area contributed by atoms with Crippen LogP contribution < -0.4 is 10.8 Å². The summed E-state index contributed by atoms with van der Waals surface area (Å²) in [4.78, 5) is 0. The van der Waals surface area contributed by atoms with Crippen LogP contribution in [-0.4, -0.2) is 30.5 Å². The highest BCUT2D eigenvalue weighted by molar-refractivity contribution is 6.62. The van der Waals surface area contributed by atoms with Gasteiger partial charge in [-0.15, -0.1) is 0 Å². The van der Waals surface area contributed by atoms with Crippen LogP contribution in [0.15, 0.2) is 18.2 Å². The first-order valence-corrected chi connectivity index (χ1v) is 6.59. The Kier molecular flexibility index (Phi) is 3.64. The molecule has 0 bridgehead atoms. The summed E-state index contributed by atoms with van der Waals surface area (Å²) in [6.07, 6.45) is 0. The summed E-state index contributed by atoms with van der Waals surface area (Å²) in [5.74, 6) is 0.265. The molecule has 1 aliphatic heterocycles. The molecule has 2 N–H and O–H groups in total. The lowest BCUT2D eigenvalue weighted by Gasteiger charge is -2.32. The van der Waals surface area contributed by atoms with Crippen LogP contribution in [0.1, 0.15) is 33.3 Å². The van der Waals surface area contributed by atoms with Crippen LogP contribution in [0.5, 0.6) is 5.75 Å². The molecule has 4 nitrogen and oxygen atoms in total. The van der Waals surface area contributed by atoms with Crippen molar-refractivity contribution in [3.05, 3.63) is 23.8 Å². The van der Waals surface area contributed by atoms with Crippen LogP contribution >= 0.6 is 0 Å². The SMILES string of the molecule is CNCc1ccc(B2OC(C)(C)C(C)(C)O2)cc1O. The average molecular weight is 263 g/mol. The number of nitrogens with one attached hydrogen (secondary N) is 1. The predicted molar refractivity (Wildman–Crippen MR) is 76.6 cm³/mol. The Bertz CT molecular complexity index is 458. The van der Waals surface area contributed by atoms with Crippen molar-refractivity contribution in [2.24, 2.45) is 0 Å². The Balaban J connectivity index is 2.23. The Morgan fingerprint density at radius 1 is 1.16 bits per heavy atom. The summed E-state index contributed by atoms with van der Waals surface area (Å²) in [6.45, 7) is 8.70. The van der Waals surface area contributed by atoms with Gasteiger partial charge in [-0.05, 0) is 46.3 Å². The minimum atomic E-state index is -0.431. The molecule has 1 aliphatic rings. The molecule has 104 valence electrons. The van der Waals surface area contributed by atoms with Crippen molar-refractivity contribution in [3.63, 3.8) is 0 Å². The van der Waals surface area contributed by atoms with Gasteiger partial charge >= 0.3 is 7.12 Å². The number of phenols is 1. The summed E-state index contributed by atoms with van der Waals surface area (Å²) < 4.78 is 11.9. The molecule has 0 aromatic heterocycles. The summed E-state index contributed by atoms with van der Waals surface area (Å²) in [6, 6.07) is 5.55. The Hall–Kier alpha value is -1.04. The number of rotatable bonds is 3.